The van der Waals surface area contributed by atoms with Crippen LogP contribution in [-0.2, 0) is 9.53 Å². The highest BCUT2D eigenvalue weighted by molar-refractivity contribution is 7.99. The molecule has 21 heavy (non-hydrogen) atoms. The number of benzene rings is 1. The SMILES string of the molecule is COC(=O)CN1C(=O)c2cccnc2Sc2ccccc21. The lowest BCUT2D eigenvalue weighted by molar-refractivity contribution is -0.138. The number of para-hydroxylation sites is 1. The lowest BCUT2D eigenvalue weighted by Gasteiger charge is -2.21. The first-order valence-electron chi connectivity index (χ1n) is 6.31. The second kappa shape index (κ2) is 5.57. The summed E-state index contributed by atoms with van der Waals surface area (Å²) in [4.78, 5) is 30.9. The van der Waals surface area contributed by atoms with Crippen molar-refractivity contribution < 1.29 is 14.3 Å². The molecule has 0 fully saturated rings. The van der Waals surface area contributed by atoms with Crippen LogP contribution in [0.1, 0.15) is 10.4 Å². The summed E-state index contributed by atoms with van der Waals surface area (Å²) >= 11 is 1.42. The van der Waals surface area contributed by atoms with Crippen LogP contribution < -0.4 is 4.90 Å². The fourth-order valence-electron chi connectivity index (χ4n) is 2.11. The smallest absolute Gasteiger partial charge is 0.325 e. The molecular formula is C15H12N2O3S. The molecule has 0 spiro atoms. The predicted molar refractivity (Wildman–Crippen MR) is 78.5 cm³/mol. The van der Waals surface area contributed by atoms with Gasteiger partial charge in [-0.1, -0.05) is 23.9 Å². The Morgan fingerprint density at radius 1 is 1.29 bits per heavy atom. The lowest BCUT2D eigenvalue weighted by atomic mass is 10.2. The Morgan fingerprint density at radius 2 is 2.10 bits per heavy atom. The summed E-state index contributed by atoms with van der Waals surface area (Å²) in [5, 5.41) is 0.641. The fourth-order valence-corrected chi connectivity index (χ4v) is 3.13. The van der Waals surface area contributed by atoms with Crippen molar-refractivity contribution in [2.45, 2.75) is 9.92 Å². The van der Waals surface area contributed by atoms with Crippen molar-refractivity contribution in [2.75, 3.05) is 18.6 Å². The molecular weight excluding hydrogens is 288 g/mol. The third kappa shape index (κ3) is 2.50. The monoisotopic (exact) mass is 300 g/mol. The fraction of sp³-hybridized carbons (Fsp3) is 0.133. The molecule has 6 heteroatoms. The minimum Gasteiger partial charge on any atom is -0.468 e. The number of hydrogen-bond donors (Lipinski definition) is 0. The number of aromatic nitrogens is 1. The molecule has 0 aliphatic carbocycles. The van der Waals surface area contributed by atoms with Crippen LogP contribution in [0, 0.1) is 0 Å². The number of carbonyl (C=O) groups is 2. The van der Waals surface area contributed by atoms with Gasteiger partial charge in [-0.15, -0.1) is 0 Å². The second-order valence-corrected chi connectivity index (χ2v) is 5.42. The number of rotatable bonds is 2. The maximum absolute atomic E-state index is 12.7. The zero-order valence-electron chi connectivity index (χ0n) is 11.3. The summed E-state index contributed by atoms with van der Waals surface area (Å²) in [7, 11) is 1.31. The van der Waals surface area contributed by atoms with E-state index >= 15 is 0 Å². The number of methoxy groups -OCH3 is 1. The molecule has 0 N–H and O–H groups in total. The molecule has 2 heterocycles. The Bertz CT molecular complexity index is 718. The maximum atomic E-state index is 12.7. The summed E-state index contributed by atoms with van der Waals surface area (Å²) in [5.74, 6) is -0.712. The summed E-state index contributed by atoms with van der Waals surface area (Å²) in [6, 6.07) is 10.9. The molecule has 1 aliphatic rings. The van der Waals surface area contributed by atoms with Crippen LogP contribution in [0.5, 0.6) is 0 Å². The lowest BCUT2D eigenvalue weighted by Crippen LogP contribution is -2.36. The highest BCUT2D eigenvalue weighted by Crippen LogP contribution is 2.39. The Kier molecular flexibility index (Phi) is 3.62. The van der Waals surface area contributed by atoms with Crippen LogP contribution in [0.25, 0.3) is 0 Å². The van der Waals surface area contributed by atoms with Gasteiger partial charge in [0.2, 0.25) is 0 Å². The molecule has 0 saturated carbocycles. The van der Waals surface area contributed by atoms with Gasteiger partial charge in [0.25, 0.3) is 5.91 Å². The third-order valence-electron chi connectivity index (χ3n) is 3.12. The average molecular weight is 300 g/mol. The van der Waals surface area contributed by atoms with Gasteiger partial charge in [0, 0.05) is 11.1 Å². The molecule has 1 aromatic heterocycles. The second-order valence-electron chi connectivity index (χ2n) is 4.39. The van der Waals surface area contributed by atoms with Crippen LogP contribution in [0.15, 0.2) is 52.5 Å². The van der Waals surface area contributed by atoms with E-state index in [0.29, 0.717) is 16.3 Å². The van der Waals surface area contributed by atoms with Crippen LogP contribution in [-0.4, -0.2) is 30.5 Å². The van der Waals surface area contributed by atoms with Gasteiger partial charge in [0.05, 0.1) is 18.4 Å². The molecule has 1 aliphatic heterocycles. The largest absolute Gasteiger partial charge is 0.468 e. The topological polar surface area (TPSA) is 59.5 Å². The van der Waals surface area contributed by atoms with Crippen molar-refractivity contribution in [3.63, 3.8) is 0 Å². The Hall–Kier alpha value is -2.34. The van der Waals surface area contributed by atoms with Crippen molar-refractivity contribution in [3.8, 4) is 0 Å². The number of hydrogen-bond acceptors (Lipinski definition) is 5. The zero-order chi connectivity index (χ0) is 14.8. The molecule has 0 saturated heterocycles. The zero-order valence-corrected chi connectivity index (χ0v) is 12.1. The Morgan fingerprint density at radius 3 is 2.90 bits per heavy atom. The van der Waals surface area contributed by atoms with Crippen LogP contribution >= 0.6 is 11.8 Å². The van der Waals surface area contributed by atoms with Gasteiger partial charge in [-0.2, -0.15) is 0 Å². The minimum atomic E-state index is -0.463. The maximum Gasteiger partial charge on any atom is 0.325 e. The quantitative estimate of drug-likeness (QED) is 0.797. The van der Waals surface area contributed by atoms with E-state index in [1.807, 2.05) is 24.3 Å². The standard InChI is InChI=1S/C15H12N2O3S/c1-20-13(18)9-17-11-6-2-3-7-12(11)21-14-10(15(17)19)5-4-8-16-14/h2-8H,9H2,1H3. The van der Waals surface area contributed by atoms with Crippen molar-refractivity contribution >= 4 is 29.3 Å². The van der Waals surface area contributed by atoms with E-state index in [1.165, 1.54) is 23.8 Å². The first-order chi connectivity index (χ1) is 10.2. The van der Waals surface area contributed by atoms with E-state index in [2.05, 4.69) is 9.72 Å². The molecule has 106 valence electrons. The van der Waals surface area contributed by atoms with Crippen LogP contribution in [0.4, 0.5) is 5.69 Å². The van der Waals surface area contributed by atoms with Gasteiger partial charge < -0.3 is 4.74 Å². The summed E-state index contributed by atoms with van der Waals surface area (Å²) in [6.07, 6.45) is 1.65. The Balaban J connectivity index is 2.13. The number of nitrogens with zero attached hydrogens (tertiary/aromatic N) is 2. The van der Waals surface area contributed by atoms with Gasteiger partial charge in [-0.25, -0.2) is 4.98 Å². The summed E-state index contributed by atoms with van der Waals surface area (Å²) in [5.41, 5.74) is 1.18. The first-order valence-corrected chi connectivity index (χ1v) is 7.13. The number of ether oxygens (including phenoxy) is 1. The van der Waals surface area contributed by atoms with E-state index in [4.69, 9.17) is 0 Å². The molecule has 1 amide bonds. The highest BCUT2D eigenvalue weighted by Gasteiger charge is 2.29. The van der Waals surface area contributed by atoms with Gasteiger partial charge in [-0.3, -0.25) is 14.5 Å². The summed E-state index contributed by atoms with van der Waals surface area (Å²) < 4.78 is 4.69. The van der Waals surface area contributed by atoms with E-state index in [1.54, 1.807) is 18.3 Å². The van der Waals surface area contributed by atoms with Gasteiger partial charge >= 0.3 is 5.97 Å². The van der Waals surface area contributed by atoms with Gasteiger partial charge in [0.1, 0.15) is 11.6 Å². The van der Waals surface area contributed by atoms with E-state index in [9.17, 15) is 9.59 Å². The van der Waals surface area contributed by atoms with Gasteiger partial charge in [0.15, 0.2) is 0 Å². The first kappa shape index (κ1) is 13.6. The van der Waals surface area contributed by atoms with E-state index in [0.717, 1.165) is 4.90 Å². The minimum absolute atomic E-state index is 0.124. The normalized spacial score (nSPS) is 13.2. The van der Waals surface area contributed by atoms with Crippen LogP contribution in [0.2, 0.25) is 0 Å². The number of pyridine rings is 1. The number of carbonyl (C=O) groups excluding carboxylic acids is 2. The number of anilines is 1. The average Bonchev–Trinajstić information content (AvgIpc) is 2.63. The molecule has 5 nitrogen and oxygen atoms in total. The van der Waals surface area contributed by atoms with Crippen molar-refractivity contribution in [1.29, 1.82) is 0 Å². The van der Waals surface area contributed by atoms with E-state index < -0.39 is 5.97 Å². The molecule has 0 atom stereocenters. The molecule has 0 unspecified atom stereocenters. The molecule has 0 bridgehead atoms. The van der Waals surface area contributed by atoms with Gasteiger partial charge in [-0.05, 0) is 24.3 Å². The number of fused-ring (bicyclic) bond motifs is 2. The third-order valence-corrected chi connectivity index (χ3v) is 4.21. The van der Waals surface area contributed by atoms with Crippen molar-refractivity contribution in [2.24, 2.45) is 0 Å². The van der Waals surface area contributed by atoms with Crippen LogP contribution in [0.3, 0.4) is 0 Å². The molecule has 0 radical (unpaired) electrons. The molecule has 2 aromatic rings. The number of esters is 1. The summed E-state index contributed by atoms with van der Waals surface area (Å²) in [6.45, 7) is -0.124. The Labute approximate surface area is 125 Å². The van der Waals surface area contributed by atoms with E-state index in [-0.39, 0.29) is 12.5 Å². The molecule has 1 aromatic carbocycles. The number of amides is 1. The highest BCUT2D eigenvalue weighted by atomic mass is 32.2. The van der Waals surface area contributed by atoms with Crippen molar-refractivity contribution in [1.82, 2.24) is 4.98 Å². The molecule has 3 rings (SSSR count). The van der Waals surface area contributed by atoms with Crippen molar-refractivity contribution in [3.05, 3.63) is 48.2 Å². The predicted octanol–water partition coefficient (Wildman–Crippen LogP) is 2.37.